The summed E-state index contributed by atoms with van der Waals surface area (Å²) in [5.41, 5.74) is 2.51. The first-order valence-electron chi connectivity index (χ1n) is 15.6. The predicted octanol–water partition coefficient (Wildman–Crippen LogP) is 7.46. The molecule has 0 aliphatic heterocycles. The van der Waals surface area contributed by atoms with Gasteiger partial charge in [-0.25, -0.2) is 0 Å². The van der Waals surface area contributed by atoms with Crippen LogP contribution in [0, 0.1) is 50.7 Å². The minimum Gasteiger partial charge on any atom is -0.465 e. The molecular weight excluding hydrogens is 488 g/mol. The molecule has 0 aromatic carbocycles. The van der Waals surface area contributed by atoms with Crippen LogP contribution in [0.1, 0.15) is 120 Å². The topological polar surface area (TPSA) is 69.7 Å². The molecule has 1 unspecified atom stereocenters. The number of rotatable bonds is 4. The Morgan fingerprint density at radius 2 is 1.54 bits per heavy atom. The smallest absolute Gasteiger partial charge is 0.302 e. The Morgan fingerprint density at radius 1 is 0.846 bits per heavy atom. The summed E-state index contributed by atoms with van der Waals surface area (Å²) in [5, 5.41) is 0. The van der Waals surface area contributed by atoms with Gasteiger partial charge in [-0.1, -0.05) is 48.5 Å². The number of ketones is 1. The molecule has 5 aliphatic rings. The zero-order valence-electron chi connectivity index (χ0n) is 26.0. The van der Waals surface area contributed by atoms with E-state index in [2.05, 4.69) is 48.5 Å². The number of ether oxygens (including phenoxy) is 2. The predicted molar refractivity (Wildman–Crippen MR) is 152 cm³/mol. The molecule has 0 spiro atoms. The van der Waals surface area contributed by atoms with Crippen LogP contribution in [0.15, 0.2) is 11.1 Å². The third kappa shape index (κ3) is 3.94. The van der Waals surface area contributed by atoms with Gasteiger partial charge in [0.1, 0.15) is 12.7 Å². The molecule has 5 nitrogen and oxygen atoms in total. The van der Waals surface area contributed by atoms with Crippen molar-refractivity contribution in [1.82, 2.24) is 0 Å². The molecular formula is C34H52O5. The Morgan fingerprint density at radius 3 is 2.15 bits per heavy atom. The minimum absolute atomic E-state index is 0.0100. The van der Waals surface area contributed by atoms with Crippen LogP contribution in [0.3, 0.4) is 0 Å². The van der Waals surface area contributed by atoms with Gasteiger partial charge in [0.05, 0.1) is 0 Å². The fraction of sp³-hybridized carbons (Fsp3) is 0.853. The van der Waals surface area contributed by atoms with Crippen molar-refractivity contribution in [2.75, 3.05) is 6.61 Å². The first kappa shape index (κ1) is 28.9. The van der Waals surface area contributed by atoms with Gasteiger partial charge in [0.15, 0.2) is 5.78 Å². The van der Waals surface area contributed by atoms with Gasteiger partial charge in [-0.2, -0.15) is 0 Å². The number of esters is 2. The summed E-state index contributed by atoms with van der Waals surface area (Å²) in [6, 6.07) is 0. The molecule has 5 rings (SSSR count). The van der Waals surface area contributed by atoms with Crippen LogP contribution >= 0.6 is 0 Å². The summed E-state index contributed by atoms with van der Waals surface area (Å²) in [4.78, 5) is 37.4. The Hall–Kier alpha value is -1.65. The lowest BCUT2D eigenvalue weighted by Gasteiger charge is -2.72. The fourth-order valence-corrected chi connectivity index (χ4v) is 11.5. The van der Waals surface area contributed by atoms with E-state index in [9.17, 15) is 14.4 Å². The average Bonchev–Trinajstić information content (AvgIpc) is 3.12. The molecule has 4 saturated carbocycles. The van der Waals surface area contributed by atoms with Crippen LogP contribution in [0.4, 0.5) is 0 Å². The molecule has 4 fully saturated rings. The van der Waals surface area contributed by atoms with E-state index in [0.29, 0.717) is 30.8 Å². The molecule has 0 N–H and O–H groups in total. The van der Waals surface area contributed by atoms with Gasteiger partial charge in [-0.05, 0) is 102 Å². The van der Waals surface area contributed by atoms with Crippen LogP contribution in [0.25, 0.3) is 0 Å². The number of fused-ring (bicyclic) bond motifs is 7. The third-order valence-corrected chi connectivity index (χ3v) is 13.4. The highest BCUT2D eigenvalue weighted by Crippen LogP contribution is 2.76. The quantitative estimate of drug-likeness (QED) is 0.346. The number of carbonyl (C=O) groups excluding carboxylic acids is 3. The second kappa shape index (κ2) is 9.18. The van der Waals surface area contributed by atoms with E-state index in [0.717, 1.165) is 44.1 Å². The molecule has 5 aliphatic carbocycles. The lowest BCUT2D eigenvalue weighted by molar-refractivity contribution is -0.233. The zero-order valence-corrected chi connectivity index (χ0v) is 26.0. The van der Waals surface area contributed by atoms with E-state index in [1.165, 1.54) is 25.3 Å². The minimum atomic E-state index is -0.319. The van der Waals surface area contributed by atoms with Gasteiger partial charge in [-0.15, -0.1) is 0 Å². The zero-order chi connectivity index (χ0) is 28.8. The van der Waals surface area contributed by atoms with Crippen molar-refractivity contribution >= 4 is 17.7 Å². The van der Waals surface area contributed by atoms with Crippen LogP contribution < -0.4 is 0 Å². The summed E-state index contributed by atoms with van der Waals surface area (Å²) < 4.78 is 11.6. The van der Waals surface area contributed by atoms with Crippen LogP contribution in [-0.4, -0.2) is 30.4 Å². The van der Waals surface area contributed by atoms with E-state index in [1.807, 2.05) is 0 Å². The Kier molecular flexibility index (Phi) is 6.79. The van der Waals surface area contributed by atoms with Crippen molar-refractivity contribution < 1.29 is 23.9 Å². The standard InChI is InChI=1S/C34H52O5/c1-20(2)28-24(37)18-34(19-38-21(3)35)17-16-32(8)23(29(28)34)10-11-26-31(7)14-13-27(39-22(4)36)30(5,6)25(31)12-15-33(26,32)9/h20,23,25-27H,10-19H2,1-9H3/t23-,25+,26?,27+,31+,32-,33-,34+/m1/s1. The molecule has 0 aromatic rings. The lowest BCUT2D eigenvalue weighted by atomic mass is 9.33. The molecule has 218 valence electrons. The highest BCUT2D eigenvalue weighted by molar-refractivity contribution is 6.00. The van der Waals surface area contributed by atoms with Gasteiger partial charge in [0, 0.05) is 31.1 Å². The summed E-state index contributed by atoms with van der Waals surface area (Å²) >= 11 is 0. The molecule has 8 atom stereocenters. The fourth-order valence-electron chi connectivity index (χ4n) is 11.5. The van der Waals surface area contributed by atoms with Gasteiger partial charge in [-0.3, -0.25) is 14.4 Å². The van der Waals surface area contributed by atoms with Crippen molar-refractivity contribution in [3.05, 3.63) is 11.1 Å². The second-order valence-corrected chi connectivity index (χ2v) is 15.7. The summed E-state index contributed by atoms with van der Waals surface area (Å²) in [6.45, 7) is 20.1. The van der Waals surface area contributed by atoms with Crippen LogP contribution in [-0.2, 0) is 23.9 Å². The van der Waals surface area contributed by atoms with Gasteiger partial charge >= 0.3 is 11.9 Å². The van der Waals surface area contributed by atoms with Crippen molar-refractivity contribution in [3.63, 3.8) is 0 Å². The number of hydrogen-bond acceptors (Lipinski definition) is 5. The Balaban J connectivity index is 1.54. The highest BCUT2D eigenvalue weighted by atomic mass is 16.5. The molecule has 0 bridgehead atoms. The molecule has 5 heteroatoms. The van der Waals surface area contributed by atoms with Crippen molar-refractivity contribution in [1.29, 1.82) is 0 Å². The van der Waals surface area contributed by atoms with Gasteiger partial charge in [0.25, 0.3) is 0 Å². The lowest BCUT2D eigenvalue weighted by Crippen LogP contribution is -2.66. The van der Waals surface area contributed by atoms with Gasteiger partial charge in [0.2, 0.25) is 0 Å². The van der Waals surface area contributed by atoms with E-state index < -0.39 is 0 Å². The maximum atomic E-state index is 13.6. The average molecular weight is 541 g/mol. The van der Waals surface area contributed by atoms with E-state index >= 15 is 0 Å². The van der Waals surface area contributed by atoms with Crippen molar-refractivity contribution in [3.8, 4) is 0 Å². The molecule has 0 amide bonds. The molecule has 0 aromatic heterocycles. The number of allylic oxidation sites excluding steroid dienone is 1. The Labute approximate surface area is 236 Å². The van der Waals surface area contributed by atoms with Crippen molar-refractivity contribution in [2.45, 2.75) is 126 Å². The number of hydrogen-bond donors (Lipinski definition) is 0. The monoisotopic (exact) mass is 540 g/mol. The summed E-state index contributed by atoms with van der Waals surface area (Å²) in [5.74, 6) is 1.53. The first-order chi connectivity index (χ1) is 18.0. The van der Waals surface area contributed by atoms with Crippen LogP contribution in [0.2, 0.25) is 0 Å². The molecule has 39 heavy (non-hydrogen) atoms. The number of carbonyl (C=O) groups is 3. The van der Waals surface area contributed by atoms with E-state index in [-0.39, 0.29) is 56.8 Å². The molecule has 0 heterocycles. The molecule has 0 radical (unpaired) electrons. The van der Waals surface area contributed by atoms with E-state index in [4.69, 9.17) is 9.47 Å². The van der Waals surface area contributed by atoms with E-state index in [1.54, 1.807) is 6.92 Å². The Bertz CT molecular complexity index is 1100. The normalized spacial score (nSPS) is 44.7. The largest absolute Gasteiger partial charge is 0.465 e. The summed E-state index contributed by atoms with van der Waals surface area (Å²) in [7, 11) is 0. The molecule has 0 saturated heterocycles. The van der Waals surface area contributed by atoms with Crippen LogP contribution in [0.5, 0.6) is 0 Å². The van der Waals surface area contributed by atoms with Crippen molar-refractivity contribution in [2.24, 2.45) is 50.7 Å². The maximum absolute atomic E-state index is 13.6. The highest BCUT2D eigenvalue weighted by Gasteiger charge is 2.70. The van der Waals surface area contributed by atoms with Gasteiger partial charge < -0.3 is 9.47 Å². The first-order valence-corrected chi connectivity index (χ1v) is 15.6. The SMILES string of the molecule is CC(=O)OC[C@@]12CC[C@]3(C)[C@H](CCC4[C@@]5(C)CC[C@H](OC(C)=O)C(C)(C)[C@@H]5CC[C@]43C)C1=C(C(C)C)C(=O)C2. The second-order valence-electron chi connectivity index (χ2n) is 15.7. The third-order valence-electron chi connectivity index (χ3n) is 13.4. The summed E-state index contributed by atoms with van der Waals surface area (Å²) in [6.07, 6.45) is 9.15. The maximum Gasteiger partial charge on any atom is 0.302 e. The number of Topliss-reactive ketones (excluding diaryl/α,β-unsaturated/α-hetero) is 1.